The molecule has 142 valence electrons. The van der Waals surface area contributed by atoms with Crippen LogP contribution in [0.5, 0.6) is 0 Å². The van der Waals surface area contributed by atoms with Crippen molar-refractivity contribution in [2.75, 3.05) is 22.5 Å². The SMILES string of the molecule is NC[C@H]1CCC[C@H]1C(=O)Nc1ccc(NC(=O)Nc2ccc(Cl)cc2)cc1. The molecule has 0 bridgehead atoms. The van der Waals surface area contributed by atoms with E-state index in [0.717, 1.165) is 19.3 Å². The molecule has 0 spiro atoms. The first kappa shape index (κ1) is 19.2. The largest absolute Gasteiger partial charge is 0.330 e. The normalized spacial score (nSPS) is 18.7. The number of hydrogen-bond donors (Lipinski definition) is 4. The summed E-state index contributed by atoms with van der Waals surface area (Å²) in [6, 6.07) is 13.5. The van der Waals surface area contributed by atoms with Gasteiger partial charge in [-0.1, -0.05) is 18.0 Å². The van der Waals surface area contributed by atoms with Gasteiger partial charge in [0.15, 0.2) is 0 Å². The second-order valence-corrected chi connectivity index (χ2v) is 7.12. The summed E-state index contributed by atoms with van der Waals surface area (Å²) in [4.78, 5) is 24.5. The van der Waals surface area contributed by atoms with E-state index in [4.69, 9.17) is 17.3 Å². The molecule has 1 aliphatic carbocycles. The number of hydrogen-bond acceptors (Lipinski definition) is 3. The number of urea groups is 1. The Morgan fingerprint density at radius 1 is 0.889 bits per heavy atom. The van der Waals surface area contributed by atoms with Crippen molar-refractivity contribution in [3.8, 4) is 0 Å². The molecule has 5 N–H and O–H groups in total. The molecule has 27 heavy (non-hydrogen) atoms. The van der Waals surface area contributed by atoms with Gasteiger partial charge < -0.3 is 21.7 Å². The van der Waals surface area contributed by atoms with Gasteiger partial charge in [0, 0.05) is 28.0 Å². The maximum Gasteiger partial charge on any atom is 0.323 e. The van der Waals surface area contributed by atoms with Crippen LogP contribution in [0.25, 0.3) is 0 Å². The first-order valence-corrected chi connectivity index (χ1v) is 9.37. The first-order valence-electron chi connectivity index (χ1n) is 8.99. The Kier molecular flexibility index (Phi) is 6.32. The molecule has 1 saturated carbocycles. The Morgan fingerprint density at radius 3 is 1.96 bits per heavy atom. The van der Waals surface area contributed by atoms with Gasteiger partial charge in [-0.15, -0.1) is 0 Å². The van der Waals surface area contributed by atoms with Crippen molar-refractivity contribution in [1.29, 1.82) is 0 Å². The van der Waals surface area contributed by atoms with Gasteiger partial charge in [-0.05, 0) is 73.8 Å². The van der Waals surface area contributed by atoms with Crippen LogP contribution < -0.4 is 21.7 Å². The van der Waals surface area contributed by atoms with Crippen LogP contribution in [-0.2, 0) is 4.79 Å². The van der Waals surface area contributed by atoms with Crippen molar-refractivity contribution in [1.82, 2.24) is 0 Å². The minimum atomic E-state index is -0.356. The molecule has 2 aromatic rings. The first-order chi connectivity index (χ1) is 13.0. The lowest BCUT2D eigenvalue weighted by atomic mass is 9.95. The van der Waals surface area contributed by atoms with Crippen molar-refractivity contribution in [3.63, 3.8) is 0 Å². The molecule has 2 atom stereocenters. The van der Waals surface area contributed by atoms with E-state index in [1.165, 1.54) is 0 Å². The number of rotatable bonds is 5. The van der Waals surface area contributed by atoms with E-state index in [9.17, 15) is 9.59 Å². The molecule has 3 amide bonds. The van der Waals surface area contributed by atoms with Gasteiger partial charge in [0.2, 0.25) is 5.91 Å². The van der Waals surface area contributed by atoms with E-state index in [2.05, 4.69) is 16.0 Å². The third kappa shape index (κ3) is 5.21. The molecule has 0 saturated heterocycles. The fourth-order valence-electron chi connectivity index (χ4n) is 3.36. The summed E-state index contributed by atoms with van der Waals surface area (Å²) in [6.45, 7) is 0.545. The third-order valence-electron chi connectivity index (χ3n) is 4.81. The third-order valence-corrected chi connectivity index (χ3v) is 5.06. The molecular formula is C20H23ClN4O2. The van der Waals surface area contributed by atoms with E-state index in [0.29, 0.717) is 28.6 Å². The molecule has 0 heterocycles. The highest BCUT2D eigenvalue weighted by Gasteiger charge is 2.31. The molecular weight excluding hydrogens is 364 g/mol. The van der Waals surface area contributed by atoms with Crippen LogP contribution in [0.15, 0.2) is 48.5 Å². The zero-order valence-electron chi connectivity index (χ0n) is 14.9. The summed E-state index contributed by atoms with van der Waals surface area (Å²) >= 11 is 5.82. The summed E-state index contributed by atoms with van der Waals surface area (Å²) in [6.07, 6.45) is 2.95. The maximum atomic E-state index is 12.4. The van der Waals surface area contributed by atoms with Crippen molar-refractivity contribution >= 4 is 40.6 Å². The predicted molar refractivity (Wildman–Crippen MR) is 109 cm³/mol. The highest BCUT2D eigenvalue weighted by Crippen LogP contribution is 2.32. The van der Waals surface area contributed by atoms with Gasteiger partial charge in [-0.2, -0.15) is 0 Å². The van der Waals surface area contributed by atoms with Crippen LogP contribution in [0.2, 0.25) is 5.02 Å². The highest BCUT2D eigenvalue weighted by molar-refractivity contribution is 6.30. The molecule has 7 heteroatoms. The number of halogens is 1. The maximum absolute atomic E-state index is 12.4. The number of benzene rings is 2. The fraction of sp³-hybridized carbons (Fsp3) is 0.300. The number of carbonyl (C=O) groups excluding carboxylic acids is 2. The summed E-state index contributed by atoms with van der Waals surface area (Å²) < 4.78 is 0. The molecule has 0 unspecified atom stereocenters. The predicted octanol–water partition coefficient (Wildman–Crippen LogP) is 4.30. The van der Waals surface area contributed by atoms with Crippen LogP contribution in [-0.4, -0.2) is 18.5 Å². The van der Waals surface area contributed by atoms with E-state index < -0.39 is 0 Å². The van der Waals surface area contributed by atoms with Gasteiger partial charge in [-0.3, -0.25) is 4.79 Å². The molecule has 0 aliphatic heterocycles. The minimum absolute atomic E-state index is 0.0158. The summed E-state index contributed by atoms with van der Waals surface area (Å²) in [5.41, 5.74) is 7.72. The van der Waals surface area contributed by atoms with Gasteiger partial charge in [0.25, 0.3) is 0 Å². The Morgan fingerprint density at radius 2 is 1.41 bits per heavy atom. The topological polar surface area (TPSA) is 96.2 Å². The van der Waals surface area contributed by atoms with E-state index >= 15 is 0 Å². The highest BCUT2D eigenvalue weighted by atomic mass is 35.5. The molecule has 0 aromatic heterocycles. The van der Waals surface area contributed by atoms with Crippen LogP contribution in [0, 0.1) is 11.8 Å². The standard InChI is InChI=1S/C20H23ClN4O2/c21-14-4-6-16(7-5-14)24-20(27)25-17-10-8-15(9-11-17)23-19(26)18-3-1-2-13(18)12-22/h4-11,13,18H,1-3,12,22H2,(H,23,26)(H2,24,25,27)/t13-,18-/m1/s1. The average molecular weight is 387 g/mol. The minimum Gasteiger partial charge on any atom is -0.330 e. The smallest absolute Gasteiger partial charge is 0.323 e. The van der Waals surface area contributed by atoms with Crippen molar-refractivity contribution in [3.05, 3.63) is 53.6 Å². The molecule has 3 rings (SSSR count). The lowest BCUT2D eigenvalue weighted by molar-refractivity contribution is -0.120. The number of carbonyl (C=O) groups is 2. The summed E-state index contributed by atoms with van der Waals surface area (Å²) in [5.74, 6) is 0.268. The lowest BCUT2D eigenvalue weighted by Crippen LogP contribution is -2.29. The molecule has 1 aliphatic rings. The van der Waals surface area contributed by atoms with Crippen LogP contribution in [0.1, 0.15) is 19.3 Å². The number of amides is 3. The van der Waals surface area contributed by atoms with Crippen LogP contribution >= 0.6 is 11.6 Å². The second-order valence-electron chi connectivity index (χ2n) is 6.69. The monoisotopic (exact) mass is 386 g/mol. The van der Waals surface area contributed by atoms with Gasteiger partial charge >= 0.3 is 6.03 Å². The van der Waals surface area contributed by atoms with E-state index in [1.807, 2.05) is 0 Å². The Bertz CT molecular complexity index is 793. The van der Waals surface area contributed by atoms with Crippen LogP contribution in [0.4, 0.5) is 21.9 Å². The number of nitrogens with one attached hydrogen (secondary N) is 3. The zero-order chi connectivity index (χ0) is 19.2. The van der Waals surface area contributed by atoms with E-state index in [-0.39, 0.29) is 23.8 Å². The zero-order valence-corrected chi connectivity index (χ0v) is 15.6. The van der Waals surface area contributed by atoms with Gasteiger partial charge in [0.1, 0.15) is 0 Å². The molecule has 1 fully saturated rings. The summed E-state index contributed by atoms with van der Waals surface area (Å²) in [7, 11) is 0. The Labute approximate surface area is 163 Å². The van der Waals surface area contributed by atoms with Gasteiger partial charge in [0.05, 0.1) is 0 Å². The van der Waals surface area contributed by atoms with Crippen molar-refractivity contribution < 1.29 is 9.59 Å². The van der Waals surface area contributed by atoms with Crippen LogP contribution in [0.3, 0.4) is 0 Å². The summed E-state index contributed by atoms with van der Waals surface area (Å²) in [5, 5.41) is 9.01. The second kappa shape index (κ2) is 8.88. The van der Waals surface area contributed by atoms with Gasteiger partial charge in [-0.25, -0.2) is 4.79 Å². The Hall–Kier alpha value is -2.57. The average Bonchev–Trinajstić information content (AvgIpc) is 3.14. The molecule has 6 nitrogen and oxygen atoms in total. The number of anilines is 3. The number of nitrogens with two attached hydrogens (primary N) is 1. The van der Waals surface area contributed by atoms with Crippen molar-refractivity contribution in [2.45, 2.75) is 19.3 Å². The fourth-order valence-corrected chi connectivity index (χ4v) is 3.49. The quantitative estimate of drug-likeness (QED) is 0.616. The Balaban J connectivity index is 1.53. The molecule has 0 radical (unpaired) electrons. The van der Waals surface area contributed by atoms with E-state index in [1.54, 1.807) is 48.5 Å². The van der Waals surface area contributed by atoms with Crippen molar-refractivity contribution in [2.24, 2.45) is 17.6 Å². The molecule has 2 aromatic carbocycles. The lowest BCUT2D eigenvalue weighted by Gasteiger charge is -2.17.